The van der Waals surface area contributed by atoms with E-state index >= 15 is 0 Å². The van der Waals surface area contributed by atoms with Gasteiger partial charge in [-0.3, -0.25) is 0 Å². The SMILES string of the molecule is c1ccc(N(c2ccccc2)c2ccc(N(c3ccc4oc5ccccc5c4c3)c3cccc4c3-c3ccccc3C43c4ccccc4C(c4ccccc4)(c4ccccc4)c4ccccc43)cc2)cc1. The first-order chi connectivity index (χ1) is 35.2. The predicted octanol–water partition coefficient (Wildman–Crippen LogP) is 17.6. The summed E-state index contributed by atoms with van der Waals surface area (Å²) in [7, 11) is 0. The van der Waals surface area contributed by atoms with Gasteiger partial charge in [-0.2, -0.15) is 0 Å². The van der Waals surface area contributed by atoms with E-state index in [1.165, 1.54) is 55.6 Å². The molecule has 71 heavy (non-hydrogen) atoms. The number of hydrogen-bond donors (Lipinski definition) is 0. The Morgan fingerprint density at radius 2 is 0.690 bits per heavy atom. The minimum Gasteiger partial charge on any atom is -0.456 e. The van der Waals surface area contributed by atoms with Gasteiger partial charge in [-0.25, -0.2) is 0 Å². The third kappa shape index (κ3) is 5.97. The van der Waals surface area contributed by atoms with E-state index in [4.69, 9.17) is 4.42 Å². The van der Waals surface area contributed by atoms with E-state index < -0.39 is 10.8 Å². The van der Waals surface area contributed by atoms with Crippen LogP contribution in [0.4, 0.5) is 34.1 Å². The van der Waals surface area contributed by atoms with E-state index in [0.29, 0.717) is 0 Å². The van der Waals surface area contributed by atoms with Gasteiger partial charge in [0.15, 0.2) is 0 Å². The van der Waals surface area contributed by atoms with Crippen molar-refractivity contribution in [2.45, 2.75) is 10.8 Å². The number of furan rings is 1. The van der Waals surface area contributed by atoms with Gasteiger partial charge in [0.1, 0.15) is 11.2 Å². The van der Waals surface area contributed by atoms with E-state index in [0.717, 1.165) is 56.1 Å². The topological polar surface area (TPSA) is 19.6 Å². The lowest BCUT2D eigenvalue weighted by Crippen LogP contribution is -2.44. The van der Waals surface area contributed by atoms with Crippen molar-refractivity contribution in [3.05, 3.63) is 324 Å². The number of fused-ring (bicyclic) bond motifs is 12. The molecule has 0 fully saturated rings. The molecule has 0 amide bonds. The smallest absolute Gasteiger partial charge is 0.135 e. The van der Waals surface area contributed by atoms with Crippen molar-refractivity contribution in [2.75, 3.05) is 9.80 Å². The minimum absolute atomic E-state index is 0.583. The zero-order chi connectivity index (χ0) is 46.9. The Balaban J connectivity index is 1.04. The van der Waals surface area contributed by atoms with Crippen molar-refractivity contribution in [1.82, 2.24) is 0 Å². The second kappa shape index (κ2) is 16.2. The zero-order valence-corrected chi connectivity index (χ0v) is 38.9. The Morgan fingerprint density at radius 1 is 0.268 bits per heavy atom. The molecule has 0 N–H and O–H groups in total. The van der Waals surface area contributed by atoms with Gasteiger partial charge >= 0.3 is 0 Å². The van der Waals surface area contributed by atoms with Crippen LogP contribution < -0.4 is 9.80 Å². The number of anilines is 6. The molecule has 0 saturated carbocycles. The molecule has 0 radical (unpaired) electrons. The standard InChI is InChI=1S/C68H46N2O/c1-5-22-47(23-6-1)67(48-24-7-2-8-25-48)58-33-16-18-35-60(58)68(61-36-19-17-34-59(61)67)57-32-15-13-31-55(57)66-62(68)37-21-38-63(66)70(53-44-45-65-56(46-53)54-30-14-20-39-64(54)71-65)52-42-40-51(41-43-52)69(49-26-9-3-10-27-49)50-28-11-4-12-29-50/h1-46H. The van der Waals surface area contributed by atoms with E-state index in [2.05, 4.69) is 283 Å². The normalized spacial score (nSPS) is 13.6. The number of hydrogen-bond acceptors (Lipinski definition) is 3. The summed E-state index contributed by atoms with van der Waals surface area (Å²) in [5.41, 5.74) is 19.6. The summed E-state index contributed by atoms with van der Waals surface area (Å²) >= 11 is 0. The molecular formula is C68H46N2O. The van der Waals surface area contributed by atoms with Crippen LogP contribution in [0.3, 0.4) is 0 Å². The Morgan fingerprint density at radius 3 is 1.28 bits per heavy atom. The molecule has 0 saturated heterocycles. The van der Waals surface area contributed by atoms with Gasteiger partial charge in [-0.1, -0.05) is 200 Å². The first-order valence-electron chi connectivity index (χ1n) is 24.5. The Hall–Kier alpha value is -9.18. The van der Waals surface area contributed by atoms with Crippen LogP contribution >= 0.6 is 0 Å². The molecule has 0 atom stereocenters. The van der Waals surface area contributed by atoms with Gasteiger partial charge in [-0.05, 0) is 129 Å². The molecule has 12 aromatic rings. The van der Waals surface area contributed by atoms with Crippen LogP contribution in [0, 0.1) is 0 Å². The van der Waals surface area contributed by atoms with E-state index in [-0.39, 0.29) is 0 Å². The van der Waals surface area contributed by atoms with Gasteiger partial charge in [0.25, 0.3) is 0 Å². The molecule has 14 rings (SSSR count). The maximum Gasteiger partial charge on any atom is 0.135 e. The average molecular weight is 907 g/mol. The second-order valence-corrected chi connectivity index (χ2v) is 18.7. The quantitative estimate of drug-likeness (QED) is 0.151. The molecule has 1 spiro atoms. The van der Waals surface area contributed by atoms with Crippen LogP contribution in [0.25, 0.3) is 33.1 Å². The average Bonchev–Trinajstić information content (AvgIpc) is 3.97. The summed E-state index contributed by atoms with van der Waals surface area (Å²) in [4.78, 5) is 4.79. The van der Waals surface area contributed by atoms with Gasteiger partial charge in [0.2, 0.25) is 0 Å². The number of rotatable bonds is 8. The molecule has 3 heteroatoms. The molecule has 1 aromatic heterocycles. The zero-order valence-electron chi connectivity index (χ0n) is 38.9. The minimum atomic E-state index is -0.645. The second-order valence-electron chi connectivity index (χ2n) is 18.7. The van der Waals surface area contributed by atoms with Crippen molar-refractivity contribution in [3.63, 3.8) is 0 Å². The summed E-state index contributed by atoms with van der Waals surface area (Å²) in [5.74, 6) is 0. The molecule has 2 aliphatic rings. The largest absolute Gasteiger partial charge is 0.456 e. The van der Waals surface area contributed by atoms with Gasteiger partial charge in [0, 0.05) is 44.8 Å². The molecule has 3 nitrogen and oxygen atoms in total. The predicted molar refractivity (Wildman–Crippen MR) is 292 cm³/mol. The lowest BCUT2D eigenvalue weighted by atomic mass is 9.51. The summed E-state index contributed by atoms with van der Waals surface area (Å²) in [6.07, 6.45) is 0. The van der Waals surface area contributed by atoms with Crippen molar-refractivity contribution < 1.29 is 4.42 Å². The molecule has 334 valence electrons. The highest BCUT2D eigenvalue weighted by atomic mass is 16.3. The van der Waals surface area contributed by atoms with Crippen LogP contribution in [0.1, 0.15) is 44.5 Å². The number of nitrogens with zero attached hydrogens (tertiary/aromatic N) is 2. The van der Waals surface area contributed by atoms with Crippen LogP contribution in [-0.4, -0.2) is 0 Å². The third-order valence-electron chi connectivity index (χ3n) is 15.2. The van der Waals surface area contributed by atoms with Crippen LogP contribution in [-0.2, 0) is 10.8 Å². The molecule has 0 unspecified atom stereocenters. The summed E-state index contributed by atoms with van der Waals surface area (Å²) in [5, 5.41) is 2.18. The van der Waals surface area contributed by atoms with Gasteiger partial charge in [-0.15, -0.1) is 0 Å². The van der Waals surface area contributed by atoms with Gasteiger partial charge in [0.05, 0.1) is 16.5 Å². The van der Waals surface area contributed by atoms with E-state index in [9.17, 15) is 0 Å². The highest BCUT2D eigenvalue weighted by molar-refractivity contribution is 6.07. The van der Waals surface area contributed by atoms with Crippen molar-refractivity contribution in [3.8, 4) is 11.1 Å². The summed E-state index contributed by atoms with van der Waals surface area (Å²) in [6.45, 7) is 0. The van der Waals surface area contributed by atoms with Crippen molar-refractivity contribution in [2.24, 2.45) is 0 Å². The first-order valence-corrected chi connectivity index (χ1v) is 24.5. The third-order valence-corrected chi connectivity index (χ3v) is 15.2. The fraction of sp³-hybridized carbons (Fsp3) is 0.0294. The van der Waals surface area contributed by atoms with Crippen molar-refractivity contribution >= 4 is 56.1 Å². The maximum atomic E-state index is 6.44. The van der Waals surface area contributed by atoms with Crippen molar-refractivity contribution in [1.29, 1.82) is 0 Å². The number of benzene rings is 11. The molecule has 1 heterocycles. The number of para-hydroxylation sites is 3. The summed E-state index contributed by atoms with van der Waals surface area (Å²) in [6, 6.07) is 102. The van der Waals surface area contributed by atoms with E-state index in [1.807, 2.05) is 6.07 Å². The molecule has 11 aromatic carbocycles. The Kier molecular flexibility index (Phi) is 9.33. The Bertz CT molecular complexity index is 3810. The fourth-order valence-electron chi connectivity index (χ4n) is 12.4. The molecule has 0 bridgehead atoms. The lowest BCUT2D eigenvalue weighted by Gasteiger charge is -2.50. The molecule has 0 aliphatic heterocycles. The molecule has 2 aliphatic carbocycles. The van der Waals surface area contributed by atoms with E-state index in [1.54, 1.807) is 0 Å². The Labute approximate surface area is 413 Å². The van der Waals surface area contributed by atoms with Crippen LogP contribution in [0.15, 0.2) is 283 Å². The van der Waals surface area contributed by atoms with Gasteiger partial charge < -0.3 is 14.2 Å². The fourth-order valence-corrected chi connectivity index (χ4v) is 12.4. The first kappa shape index (κ1) is 40.8. The maximum absolute atomic E-state index is 6.44. The summed E-state index contributed by atoms with van der Waals surface area (Å²) < 4.78 is 6.44. The van der Waals surface area contributed by atoms with Crippen LogP contribution in [0.5, 0.6) is 0 Å². The highest BCUT2D eigenvalue weighted by Crippen LogP contribution is 2.66. The lowest BCUT2D eigenvalue weighted by molar-refractivity contribution is 0.623. The molecular weight excluding hydrogens is 861 g/mol. The highest BCUT2D eigenvalue weighted by Gasteiger charge is 2.57. The monoisotopic (exact) mass is 906 g/mol. The van der Waals surface area contributed by atoms with Crippen LogP contribution in [0.2, 0.25) is 0 Å².